The number of methoxy groups -OCH3 is 1. The first-order valence-electron chi connectivity index (χ1n) is 13.9. The van der Waals surface area contributed by atoms with Crippen LogP contribution in [0.25, 0.3) is 0 Å². The topological polar surface area (TPSA) is 105 Å². The Kier molecular flexibility index (Phi) is 6.97. The van der Waals surface area contributed by atoms with Gasteiger partial charge >= 0.3 is 6.09 Å². The number of amides is 2. The molecule has 4 heterocycles. The molecule has 0 radical (unpaired) electrons. The van der Waals surface area contributed by atoms with Crippen molar-refractivity contribution in [2.45, 2.75) is 48.7 Å². The summed E-state index contributed by atoms with van der Waals surface area (Å²) >= 11 is 1.74. The van der Waals surface area contributed by atoms with E-state index in [0.29, 0.717) is 0 Å². The molecule has 1 unspecified atom stereocenters. The van der Waals surface area contributed by atoms with Crippen molar-refractivity contribution in [3.05, 3.63) is 93.4 Å². The van der Waals surface area contributed by atoms with E-state index in [-0.39, 0.29) is 31.9 Å². The van der Waals surface area contributed by atoms with Gasteiger partial charge in [-0.05, 0) is 43.5 Å². The minimum atomic E-state index is -1.04. The first kappa shape index (κ1) is 28.2. The third-order valence-electron chi connectivity index (χ3n) is 7.91. The van der Waals surface area contributed by atoms with Crippen LogP contribution in [-0.4, -0.2) is 76.2 Å². The normalized spacial score (nSPS) is 19.0. The number of aromatic nitrogens is 1. The van der Waals surface area contributed by atoms with Crippen LogP contribution in [0.3, 0.4) is 0 Å². The van der Waals surface area contributed by atoms with Gasteiger partial charge in [0.05, 0.1) is 25.7 Å². The zero-order chi connectivity index (χ0) is 29.8. The minimum absolute atomic E-state index is 0.119. The maximum Gasteiger partial charge on any atom is 0.410 e. The molecular formula is C31H34N4O6S. The van der Waals surface area contributed by atoms with E-state index in [1.165, 1.54) is 6.07 Å². The quantitative estimate of drug-likeness (QED) is 0.488. The molecule has 1 atom stereocenters. The number of carbonyl (C=O) groups is 2. The zero-order valence-corrected chi connectivity index (χ0v) is 24.9. The van der Waals surface area contributed by atoms with Crippen molar-refractivity contribution in [3.8, 4) is 5.75 Å². The Hall–Kier alpha value is -3.96. The molecule has 11 heteroatoms. The van der Waals surface area contributed by atoms with E-state index in [9.17, 15) is 19.5 Å². The van der Waals surface area contributed by atoms with E-state index in [0.717, 1.165) is 27.3 Å². The molecule has 1 aromatic heterocycles. The predicted molar refractivity (Wildman–Crippen MR) is 158 cm³/mol. The summed E-state index contributed by atoms with van der Waals surface area (Å²) in [7, 11) is 1.55. The molecule has 0 aliphatic carbocycles. The number of nitrogens with zero attached hydrogens (tertiary/aromatic N) is 4. The molecule has 1 N–H and O–H groups in total. The Morgan fingerprint density at radius 1 is 1.05 bits per heavy atom. The molecule has 1 saturated heterocycles. The highest BCUT2D eigenvalue weighted by molar-refractivity contribution is 7.98. The fraction of sp³-hybridized carbons (Fsp3) is 0.387. The maximum atomic E-state index is 14.2. The molecule has 3 aliphatic heterocycles. The van der Waals surface area contributed by atoms with Crippen LogP contribution < -0.4 is 10.4 Å². The summed E-state index contributed by atoms with van der Waals surface area (Å²) in [5.74, 6) is -0.368. The molecule has 3 aliphatic rings. The lowest BCUT2D eigenvalue weighted by molar-refractivity contribution is -0.0785. The number of benzene rings is 2. The number of pyridine rings is 1. The summed E-state index contributed by atoms with van der Waals surface area (Å²) < 4.78 is 12.7. The average Bonchev–Trinajstić information content (AvgIpc) is 3.09. The number of hydrogen-bond acceptors (Lipinski definition) is 8. The second-order valence-electron chi connectivity index (χ2n) is 11.8. The summed E-state index contributed by atoms with van der Waals surface area (Å²) in [4.78, 5) is 44.4. The van der Waals surface area contributed by atoms with Gasteiger partial charge in [0.15, 0.2) is 17.1 Å². The molecule has 1 spiro atoms. The van der Waals surface area contributed by atoms with E-state index in [4.69, 9.17) is 9.47 Å². The zero-order valence-electron chi connectivity index (χ0n) is 24.1. The average molecular weight is 591 g/mol. The Morgan fingerprint density at radius 2 is 1.74 bits per heavy atom. The monoisotopic (exact) mass is 590 g/mol. The van der Waals surface area contributed by atoms with Gasteiger partial charge in [0.25, 0.3) is 5.91 Å². The van der Waals surface area contributed by atoms with Gasteiger partial charge in [-0.2, -0.15) is 0 Å². The third-order valence-corrected chi connectivity index (χ3v) is 9.05. The second-order valence-corrected chi connectivity index (χ2v) is 12.8. The molecule has 10 nitrogen and oxygen atoms in total. The van der Waals surface area contributed by atoms with Gasteiger partial charge in [0.2, 0.25) is 5.43 Å². The van der Waals surface area contributed by atoms with E-state index in [2.05, 4.69) is 29.3 Å². The summed E-state index contributed by atoms with van der Waals surface area (Å²) in [5.41, 5.74) is 0.703. The van der Waals surface area contributed by atoms with Crippen molar-refractivity contribution in [1.82, 2.24) is 14.5 Å². The van der Waals surface area contributed by atoms with Gasteiger partial charge in [-0.1, -0.05) is 42.5 Å². The van der Waals surface area contributed by atoms with Crippen molar-refractivity contribution in [2.24, 2.45) is 0 Å². The van der Waals surface area contributed by atoms with Crippen molar-refractivity contribution < 1.29 is 24.2 Å². The Balaban J connectivity index is 1.60. The van der Waals surface area contributed by atoms with Gasteiger partial charge in [-0.3, -0.25) is 24.2 Å². The number of rotatable bonds is 4. The number of likely N-dealkylation sites (tertiary alicyclic amines) is 1. The van der Waals surface area contributed by atoms with E-state index in [1.807, 2.05) is 45.0 Å². The lowest BCUT2D eigenvalue weighted by atomic mass is 9.87. The molecule has 42 heavy (non-hydrogen) atoms. The summed E-state index contributed by atoms with van der Waals surface area (Å²) in [6.45, 7) is 6.15. The van der Waals surface area contributed by atoms with E-state index in [1.54, 1.807) is 39.5 Å². The highest BCUT2D eigenvalue weighted by Crippen LogP contribution is 2.48. The molecule has 1 fully saturated rings. The Morgan fingerprint density at radius 3 is 2.45 bits per heavy atom. The van der Waals surface area contributed by atoms with Crippen LogP contribution >= 0.6 is 11.8 Å². The van der Waals surface area contributed by atoms with Crippen LogP contribution in [0.4, 0.5) is 4.79 Å². The van der Waals surface area contributed by atoms with Crippen molar-refractivity contribution in [2.75, 3.05) is 38.4 Å². The molecule has 2 aromatic carbocycles. The summed E-state index contributed by atoms with van der Waals surface area (Å²) in [6.07, 6.45) is 1.07. The number of carbonyl (C=O) groups excluding carboxylic acids is 2. The van der Waals surface area contributed by atoms with Crippen molar-refractivity contribution in [3.63, 3.8) is 0 Å². The number of thioether (sulfide) groups is 1. The van der Waals surface area contributed by atoms with Gasteiger partial charge in [0.1, 0.15) is 5.60 Å². The number of aromatic hydroxyl groups is 1. The fourth-order valence-electron chi connectivity index (χ4n) is 6.09. The maximum absolute atomic E-state index is 14.2. The Bertz CT molecular complexity index is 1560. The SMILES string of the molecule is COCCN1C(=O)c2c(O)c(=O)ccn2N(C2c3ccccc3CSc3ccccc32)C12CN(C(=O)OC(C)(C)C)C2. The molecule has 220 valence electrons. The largest absolute Gasteiger partial charge is 0.502 e. The highest BCUT2D eigenvalue weighted by atomic mass is 32.2. The van der Waals surface area contributed by atoms with Gasteiger partial charge < -0.3 is 19.5 Å². The van der Waals surface area contributed by atoms with Crippen LogP contribution in [0.5, 0.6) is 5.75 Å². The minimum Gasteiger partial charge on any atom is -0.502 e. The lowest BCUT2D eigenvalue weighted by Crippen LogP contribution is -2.84. The van der Waals surface area contributed by atoms with E-state index >= 15 is 0 Å². The second kappa shape index (κ2) is 10.4. The molecular weight excluding hydrogens is 556 g/mol. The molecule has 0 bridgehead atoms. The van der Waals surface area contributed by atoms with Crippen LogP contribution in [0.1, 0.15) is 54.0 Å². The van der Waals surface area contributed by atoms with Crippen molar-refractivity contribution >= 4 is 23.8 Å². The van der Waals surface area contributed by atoms with Gasteiger partial charge in [-0.25, -0.2) is 4.79 Å². The van der Waals surface area contributed by atoms with Gasteiger partial charge in [-0.15, -0.1) is 11.8 Å². The first-order valence-corrected chi connectivity index (χ1v) is 14.9. The third kappa shape index (κ3) is 4.51. The predicted octanol–water partition coefficient (Wildman–Crippen LogP) is 3.94. The molecule has 0 saturated carbocycles. The molecule has 6 rings (SSSR count). The summed E-state index contributed by atoms with van der Waals surface area (Å²) in [5, 5.41) is 13.1. The van der Waals surface area contributed by atoms with Crippen LogP contribution in [0.2, 0.25) is 0 Å². The number of hydrogen-bond donors (Lipinski definition) is 1. The number of ether oxygens (including phenoxy) is 2. The van der Waals surface area contributed by atoms with E-state index < -0.39 is 40.5 Å². The standard InChI is InChI=1S/C31H34N4O6S/c1-30(2,3)41-29(39)32-18-31(19-32)33(15-16-40-4)28(38)26-27(37)23(36)13-14-34(26)35(31)25-21-10-6-5-9-20(21)17-42-24-12-8-7-11-22(24)25/h5-14,25,37H,15-19H2,1-4H3. The molecule has 3 aromatic rings. The van der Waals surface area contributed by atoms with Crippen LogP contribution in [0.15, 0.2) is 70.5 Å². The van der Waals surface area contributed by atoms with Crippen LogP contribution in [-0.2, 0) is 15.2 Å². The summed E-state index contributed by atoms with van der Waals surface area (Å²) in [6, 6.07) is 17.2. The Labute approximate surface area is 248 Å². The van der Waals surface area contributed by atoms with Crippen molar-refractivity contribution in [1.29, 1.82) is 0 Å². The molecule has 2 amide bonds. The van der Waals surface area contributed by atoms with Gasteiger partial charge in [0, 0.05) is 36.6 Å². The fourth-order valence-corrected chi connectivity index (χ4v) is 7.18. The smallest absolute Gasteiger partial charge is 0.410 e. The number of fused-ring (bicyclic) bond motifs is 3. The lowest BCUT2D eigenvalue weighted by Gasteiger charge is -2.64. The first-order chi connectivity index (χ1) is 20.1. The highest BCUT2D eigenvalue weighted by Gasteiger charge is 2.62. The van der Waals surface area contributed by atoms with Crippen LogP contribution in [0, 0.1) is 0 Å².